The van der Waals surface area contributed by atoms with E-state index >= 15 is 0 Å². The Labute approximate surface area is 235 Å². The minimum atomic E-state index is -4.66. The molecule has 2 aliphatic heterocycles. The topological polar surface area (TPSA) is 146 Å². The summed E-state index contributed by atoms with van der Waals surface area (Å²) in [4.78, 5) is 49.7. The van der Waals surface area contributed by atoms with E-state index in [0.717, 1.165) is 30.7 Å². The van der Waals surface area contributed by atoms with Crippen molar-refractivity contribution in [2.75, 3.05) is 19.7 Å². The number of carbonyl (C=O) groups excluding carboxylic acids is 4. The van der Waals surface area contributed by atoms with Gasteiger partial charge in [-0.3, -0.25) is 23.7 Å². The predicted octanol–water partition coefficient (Wildman–Crippen LogP) is 2.03. The first-order valence-electron chi connectivity index (χ1n) is 13.3. The molecule has 0 saturated carbocycles. The molecule has 41 heavy (non-hydrogen) atoms. The fourth-order valence-corrected chi connectivity index (χ4v) is 5.26. The van der Waals surface area contributed by atoms with Crippen molar-refractivity contribution in [1.82, 2.24) is 29.4 Å². The Morgan fingerprint density at radius 3 is 1.66 bits per heavy atom. The standard InChI is InChI=1S/C14H18F3N3O3.C12H18N4O2/c1-9-3-4-11(10-5-6-18-19(10)2)20(7-9)12(21)13(22)23-8-14(15,16)17;1-8-3-4-10(9-5-6-14-15(9)2)16(7-8)12(18)11(13)17/h5-6,9,11H,3-4,7-8H2,1-2H3;5-6,8,10H,3-4,7H2,1-2H3,(H2,13,17). The molecule has 2 N–H and O–H groups in total. The number of carbonyl (C=O) groups is 4. The number of piperidine rings is 2. The number of likely N-dealkylation sites (tertiary alicyclic amines) is 2. The Kier molecular flexibility index (Phi) is 10.2. The first-order valence-corrected chi connectivity index (χ1v) is 13.3. The molecule has 4 rings (SSSR count). The molecule has 0 aromatic carbocycles. The zero-order chi connectivity index (χ0) is 30.5. The van der Waals surface area contributed by atoms with Crippen LogP contribution in [0.25, 0.3) is 0 Å². The summed E-state index contributed by atoms with van der Waals surface area (Å²) in [5.41, 5.74) is 6.78. The van der Waals surface area contributed by atoms with Crippen molar-refractivity contribution in [3.8, 4) is 0 Å². The number of nitrogens with zero attached hydrogens (tertiary/aromatic N) is 6. The Morgan fingerprint density at radius 2 is 1.29 bits per heavy atom. The van der Waals surface area contributed by atoms with Crippen molar-refractivity contribution in [3.05, 3.63) is 35.9 Å². The number of halogens is 3. The van der Waals surface area contributed by atoms with Crippen LogP contribution in [-0.2, 0) is 38.0 Å². The highest BCUT2D eigenvalue weighted by Gasteiger charge is 2.38. The number of nitrogens with two attached hydrogens (primary N) is 1. The highest BCUT2D eigenvalue weighted by atomic mass is 19.4. The third-order valence-electron chi connectivity index (χ3n) is 7.31. The van der Waals surface area contributed by atoms with Gasteiger partial charge in [-0.2, -0.15) is 23.4 Å². The predicted molar refractivity (Wildman–Crippen MR) is 138 cm³/mol. The van der Waals surface area contributed by atoms with Crippen LogP contribution in [0.1, 0.15) is 63.0 Å². The number of primary amides is 1. The minimum Gasteiger partial charge on any atom is -0.449 e. The summed E-state index contributed by atoms with van der Waals surface area (Å²) in [5.74, 6) is -3.49. The lowest BCUT2D eigenvalue weighted by atomic mass is 9.92. The summed E-state index contributed by atoms with van der Waals surface area (Å²) in [6.45, 7) is 3.08. The Hall–Kier alpha value is -3.91. The lowest BCUT2D eigenvalue weighted by molar-refractivity contribution is -0.190. The van der Waals surface area contributed by atoms with Crippen molar-refractivity contribution in [1.29, 1.82) is 0 Å². The molecule has 4 atom stereocenters. The molecule has 2 fully saturated rings. The van der Waals surface area contributed by atoms with E-state index < -0.39 is 42.5 Å². The van der Waals surface area contributed by atoms with E-state index in [4.69, 9.17) is 5.73 Å². The summed E-state index contributed by atoms with van der Waals surface area (Å²) in [7, 11) is 3.54. The van der Waals surface area contributed by atoms with Gasteiger partial charge in [0, 0.05) is 39.6 Å². The van der Waals surface area contributed by atoms with Gasteiger partial charge in [-0.05, 0) is 49.7 Å². The van der Waals surface area contributed by atoms with Gasteiger partial charge in [0.05, 0.1) is 23.5 Å². The van der Waals surface area contributed by atoms with Gasteiger partial charge in [0.2, 0.25) is 0 Å². The molecule has 15 heteroatoms. The Morgan fingerprint density at radius 1 is 0.854 bits per heavy atom. The van der Waals surface area contributed by atoms with Crippen molar-refractivity contribution >= 4 is 23.7 Å². The lowest BCUT2D eigenvalue weighted by Crippen LogP contribution is -2.47. The highest BCUT2D eigenvalue weighted by Crippen LogP contribution is 2.34. The SMILES string of the molecule is CC1CCC(c2ccnn2C)N(C(=O)C(=O)OCC(F)(F)F)C1.CC1CCC(c2ccnn2C)N(C(=O)C(N)=O)C1. The molecular formula is C26H36F3N7O5. The van der Waals surface area contributed by atoms with E-state index in [1.165, 1.54) is 4.90 Å². The molecule has 4 unspecified atom stereocenters. The van der Waals surface area contributed by atoms with E-state index in [2.05, 4.69) is 21.9 Å². The second kappa shape index (κ2) is 13.2. The molecule has 0 radical (unpaired) electrons. The van der Waals surface area contributed by atoms with Crippen molar-refractivity contribution < 1.29 is 37.1 Å². The molecule has 4 heterocycles. The maximum Gasteiger partial charge on any atom is 0.422 e. The third-order valence-corrected chi connectivity index (χ3v) is 7.31. The summed E-state index contributed by atoms with van der Waals surface area (Å²) in [6, 6.07) is 3.10. The second-order valence-electron chi connectivity index (χ2n) is 10.6. The number of amides is 3. The van der Waals surface area contributed by atoms with Gasteiger partial charge < -0.3 is 20.3 Å². The van der Waals surface area contributed by atoms with Crippen molar-refractivity contribution in [2.24, 2.45) is 31.7 Å². The molecule has 2 aromatic rings. The van der Waals surface area contributed by atoms with Crippen LogP contribution < -0.4 is 5.73 Å². The van der Waals surface area contributed by atoms with Gasteiger partial charge in [0.15, 0.2) is 6.61 Å². The van der Waals surface area contributed by atoms with Gasteiger partial charge in [-0.25, -0.2) is 4.79 Å². The summed E-state index contributed by atoms with van der Waals surface area (Å²) in [5, 5.41) is 8.14. The second-order valence-corrected chi connectivity index (χ2v) is 10.6. The molecule has 0 aliphatic carbocycles. The van der Waals surface area contributed by atoms with Crippen LogP contribution in [-0.4, -0.2) is 78.9 Å². The van der Waals surface area contributed by atoms with Gasteiger partial charge in [-0.1, -0.05) is 13.8 Å². The quantitative estimate of drug-likeness (QED) is 0.430. The number of aryl methyl sites for hydroxylation is 2. The Bertz CT molecular complexity index is 1240. The van der Waals surface area contributed by atoms with E-state index in [-0.39, 0.29) is 18.5 Å². The van der Waals surface area contributed by atoms with E-state index in [1.54, 1.807) is 39.8 Å². The number of hydrogen-bond donors (Lipinski definition) is 1. The summed E-state index contributed by atoms with van der Waals surface area (Å²) in [6.07, 6.45) is 1.92. The van der Waals surface area contributed by atoms with Crippen LogP contribution in [0.3, 0.4) is 0 Å². The van der Waals surface area contributed by atoms with Crippen LogP contribution in [0.15, 0.2) is 24.5 Å². The highest BCUT2D eigenvalue weighted by molar-refractivity contribution is 6.34. The third kappa shape index (κ3) is 8.07. The number of aromatic nitrogens is 4. The first-order chi connectivity index (χ1) is 19.2. The van der Waals surface area contributed by atoms with Crippen LogP contribution >= 0.6 is 0 Å². The van der Waals surface area contributed by atoms with Crippen molar-refractivity contribution in [2.45, 2.75) is 57.8 Å². The largest absolute Gasteiger partial charge is 0.449 e. The zero-order valence-corrected chi connectivity index (χ0v) is 23.5. The monoisotopic (exact) mass is 583 g/mol. The molecule has 226 valence electrons. The first kappa shape index (κ1) is 31.6. The molecular weight excluding hydrogens is 547 g/mol. The molecule has 12 nitrogen and oxygen atoms in total. The number of ether oxygens (including phenoxy) is 1. The average molecular weight is 584 g/mol. The number of esters is 1. The number of hydrogen-bond acceptors (Lipinski definition) is 7. The fourth-order valence-electron chi connectivity index (χ4n) is 5.26. The minimum absolute atomic E-state index is 0.103. The molecule has 3 amide bonds. The van der Waals surface area contributed by atoms with Gasteiger partial charge in [0.1, 0.15) is 0 Å². The molecule has 2 aliphatic rings. The summed E-state index contributed by atoms with van der Waals surface area (Å²) < 4.78 is 43.8. The van der Waals surface area contributed by atoms with Crippen LogP contribution in [0, 0.1) is 11.8 Å². The molecule has 2 aromatic heterocycles. The average Bonchev–Trinajstić information content (AvgIpc) is 3.53. The lowest BCUT2D eigenvalue weighted by Gasteiger charge is -2.37. The van der Waals surface area contributed by atoms with E-state index in [1.807, 2.05) is 20.0 Å². The molecule has 0 bridgehead atoms. The van der Waals surface area contributed by atoms with Crippen LogP contribution in [0.2, 0.25) is 0 Å². The maximum atomic E-state index is 12.2. The van der Waals surface area contributed by atoms with Crippen molar-refractivity contribution in [3.63, 3.8) is 0 Å². The van der Waals surface area contributed by atoms with Gasteiger partial charge in [-0.15, -0.1) is 0 Å². The molecule has 2 saturated heterocycles. The van der Waals surface area contributed by atoms with Crippen LogP contribution in [0.5, 0.6) is 0 Å². The normalized spacial score (nSPS) is 22.9. The summed E-state index contributed by atoms with van der Waals surface area (Å²) >= 11 is 0. The van der Waals surface area contributed by atoms with Gasteiger partial charge in [0.25, 0.3) is 0 Å². The maximum absolute atomic E-state index is 12.2. The zero-order valence-electron chi connectivity index (χ0n) is 23.5. The molecule has 0 spiro atoms. The number of alkyl halides is 3. The fraction of sp³-hybridized carbons (Fsp3) is 0.615. The van der Waals surface area contributed by atoms with E-state index in [0.29, 0.717) is 18.9 Å². The number of rotatable bonds is 3. The van der Waals surface area contributed by atoms with E-state index in [9.17, 15) is 32.3 Å². The van der Waals surface area contributed by atoms with Crippen LogP contribution in [0.4, 0.5) is 13.2 Å². The Balaban J connectivity index is 0.000000232. The smallest absolute Gasteiger partial charge is 0.422 e. The van der Waals surface area contributed by atoms with Gasteiger partial charge >= 0.3 is 29.9 Å².